The Kier molecular flexibility index (Phi) is 4.69. The predicted octanol–water partition coefficient (Wildman–Crippen LogP) is 1.84. The van der Waals surface area contributed by atoms with Crippen LogP contribution in [0.1, 0.15) is 36.2 Å². The highest BCUT2D eigenvalue weighted by Gasteiger charge is 2.19. The molecule has 0 aliphatic rings. The molecule has 0 aliphatic heterocycles. The highest BCUT2D eigenvalue weighted by Crippen LogP contribution is 2.09. The van der Waals surface area contributed by atoms with E-state index in [1.807, 2.05) is 19.1 Å². The molecule has 0 saturated carbocycles. The van der Waals surface area contributed by atoms with Gasteiger partial charge in [0.15, 0.2) is 0 Å². The van der Waals surface area contributed by atoms with E-state index < -0.39 is 12.0 Å². The Labute approximate surface area is 101 Å². The van der Waals surface area contributed by atoms with E-state index in [4.69, 9.17) is 5.11 Å². The van der Waals surface area contributed by atoms with Gasteiger partial charge in [-0.1, -0.05) is 32.0 Å². The van der Waals surface area contributed by atoms with E-state index in [0.29, 0.717) is 12.0 Å². The lowest BCUT2D eigenvalue weighted by atomic mass is 10.0. The Bertz CT molecular complexity index is 415. The van der Waals surface area contributed by atoms with Crippen molar-refractivity contribution in [3.05, 3.63) is 35.4 Å². The van der Waals surface area contributed by atoms with Crippen LogP contribution in [-0.2, 0) is 11.2 Å². The molecular weight excluding hydrogens is 218 g/mol. The molecule has 1 amide bonds. The number of benzene rings is 1. The summed E-state index contributed by atoms with van der Waals surface area (Å²) in [4.78, 5) is 22.8. The fraction of sp³-hybridized carbons (Fsp3) is 0.385. The third-order valence-electron chi connectivity index (χ3n) is 2.65. The number of carbonyl (C=O) groups excluding carboxylic acids is 1. The van der Waals surface area contributed by atoms with Gasteiger partial charge in [0, 0.05) is 5.56 Å². The number of aliphatic carboxylic acids is 1. The molecule has 0 saturated heterocycles. The van der Waals surface area contributed by atoms with Gasteiger partial charge in [0.2, 0.25) is 0 Å². The van der Waals surface area contributed by atoms with Crippen LogP contribution in [0.25, 0.3) is 0 Å². The van der Waals surface area contributed by atoms with Crippen LogP contribution in [-0.4, -0.2) is 23.0 Å². The van der Waals surface area contributed by atoms with E-state index in [2.05, 4.69) is 5.32 Å². The van der Waals surface area contributed by atoms with Crippen LogP contribution < -0.4 is 5.32 Å². The fourth-order valence-electron chi connectivity index (χ4n) is 1.62. The molecule has 0 unspecified atom stereocenters. The lowest BCUT2D eigenvalue weighted by Crippen LogP contribution is -2.40. The minimum Gasteiger partial charge on any atom is -0.480 e. The number of hydrogen-bond acceptors (Lipinski definition) is 2. The number of carbonyl (C=O) groups is 2. The monoisotopic (exact) mass is 235 g/mol. The first-order valence-corrected chi connectivity index (χ1v) is 5.71. The largest absolute Gasteiger partial charge is 0.480 e. The predicted molar refractivity (Wildman–Crippen MR) is 65.0 cm³/mol. The van der Waals surface area contributed by atoms with Crippen LogP contribution >= 0.6 is 0 Å². The maximum absolute atomic E-state index is 11.9. The molecule has 2 N–H and O–H groups in total. The highest BCUT2D eigenvalue weighted by atomic mass is 16.4. The van der Waals surface area contributed by atoms with Gasteiger partial charge in [-0.2, -0.15) is 0 Å². The van der Waals surface area contributed by atoms with E-state index in [9.17, 15) is 9.59 Å². The third-order valence-corrected chi connectivity index (χ3v) is 2.65. The van der Waals surface area contributed by atoms with Crippen molar-refractivity contribution >= 4 is 11.9 Å². The summed E-state index contributed by atoms with van der Waals surface area (Å²) >= 11 is 0. The zero-order valence-corrected chi connectivity index (χ0v) is 10.1. The SMILES string of the molecule is CCc1ccccc1C(=O)N[C@H](CC)C(=O)O. The summed E-state index contributed by atoms with van der Waals surface area (Å²) < 4.78 is 0. The van der Waals surface area contributed by atoms with Gasteiger partial charge in [0.1, 0.15) is 6.04 Å². The molecule has 0 heterocycles. The number of carboxylic acid groups (broad SMARTS) is 1. The molecule has 1 aromatic carbocycles. The summed E-state index contributed by atoms with van der Waals surface area (Å²) in [5.74, 6) is -1.33. The molecule has 0 fully saturated rings. The highest BCUT2D eigenvalue weighted by molar-refractivity contribution is 5.97. The summed E-state index contributed by atoms with van der Waals surface area (Å²) in [5.41, 5.74) is 1.47. The standard InChI is InChI=1S/C13H17NO3/c1-3-9-7-5-6-8-10(9)12(15)14-11(4-2)13(16)17/h5-8,11H,3-4H2,1-2H3,(H,14,15)(H,16,17)/t11-/m1/s1. The van der Waals surface area contributed by atoms with Crippen LogP contribution in [0.4, 0.5) is 0 Å². The van der Waals surface area contributed by atoms with Crippen LogP contribution in [0.15, 0.2) is 24.3 Å². The molecule has 0 aromatic heterocycles. The summed E-state index contributed by atoms with van der Waals surface area (Å²) in [6.45, 7) is 3.69. The molecule has 1 atom stereocenters. The second kappa shape index (κ2) is 6.03. The second-order valence-corrected chi connectivity index (χ2v) is 3.78. The molecule has 92 valence electrons. The average molecular weight is 235 g/mol. The number of nitrogens with one attached hydrogen (secondary N) is 1. The van der Waals surface area contributed by atoms with Crippen molar-refractivity contribution in [1.82, 2.24) is 5.32 Å². The van der Waals surface area contributed by atoms with Gasteiger partial charge >= 0.3 is 5.97 Å². The van der Waals surface area contributed by atoms with E-state index in [1.165, 1.54) is 0 Å². The minimum absolute atomic E-state index is 0.322. The lowest BCUT2D eigenvalue weighted by molar-refractivity contribution is -0.139. The van der Waals surface area contributed by atoms with E-state index in [1.54, 1.807) is 19.1 Å². The molecule has 4 nitrogen and oxygen atoms in total. The van der Waals surface area contributed by atoms with Crippen molar-refractivity contribution in [2.45, 2.75) is 32.7 Å². The first kappa shape index (κ1) is 13.2. The van der Waals surface area contributed by atoms with E-state index in [-0.39, 0.29) is 5.91 Å². The quantitative estimate of drug-likeness (QED) is 0.818. The van der Waals surface area contributed by atoms with Crippen molar-refractivity contribution in [2.75, 3.05) is 0 Å². The number of amides is 1. The molecule has 1 aromatic rings. The van der Waals surface area contributed by atoms with Crippen molar-refractivity contribution < 1.29 is 14.7 Å². The molecule has 17 heavy (non-hydrogen) atoms. The van der Waals surface area contributed by atoms with E-state index >= 15 is 0 Å². The van der Waals surface area contributed by atoms with Gasteiger partial charge in [-0.3, -0.25) is 4.79 Å². The maximum atomic E-state index is 11.9. The first-order valence-electron chi connectivity index (χ1n) is 5.71. The normalized spacial score (nSPS) is 11.9. The van der Waals surface area contributed by atoms with Crippen molar-refractivity contribution in [1.29, 1.82) is 0 Å². The molecule has 4 heteroatoms. The van der Waals surface area contributed by atoms with Gasteiger partial charge in [-0.25, -0.2) is 4.79 Å². The Hall–Kier alpha value is -1.84. The zero-order valence-electron chi connectivity index (χ0n) is 10.1. The minimum atomic E-state index is -1.00. The summed E-state index contributed by atoms with van der Waals surface area (Å²) in [5, 5.41) is 11.4. The lowest BCUT2D eigenvalue weighted by Gasteiger charge is -2.13. The van der Waals surface area contributed by atoms with Gasteiger partial charge in [0.05, 0.1) is 0 Å². The van der Waals surface area contributed by atoms with Gasteiger partial charge in [-0.05, 0) is 24.5 Å². The number of aryl methyl sites for hydroxylation is 1. The number of hydrogen-bond donors (Lipinski definition) is 2. The van der Waals surface area contributed by atoms with Crippen molar-refractivity contribution in [3.8, 4) is 0 Å². The Morgan fingerprint density at radius 2 is 1.94 bits per heavy atom. The maximum Gasteiger partial charge on any atom is 0.326 e. The average Bonchev–Trinajstić information content (AvgIpc) is 2.35. The Balaban J connectivity index is 2.86. The van der Waals surface area contributed by atoms with E-state index in [0.717, 1.165) is 12.0 Å². The molecular formula is C13H17NO3. The number of carboxylic acids is 1. The van der Waals surface area contributed by atoms with Crippen molar-refractivity contribution in [2.24, 2.45) is 0 Å². The Morgan fingerprint density at radius 1 is 1.29 bits per heavy atom. The van der Waals surface area contributed by atoms with Crippen LogP contribution in [0.2, 0.25) is 0 Å². The topological polar surface area (TPSA) is 66.4 Å². The van der Waals surface area contributed by atoms with Crippen molar-refractivity contribution in [3.63, 3.8) is 0 Å². The second-order valence-electron chi connectivity index (χ2n) is 3.78. The Morgan fingerprint density at radius 3 is 2.47 bits per heavy atom. The third kappa shape index (κ3) is 3.31. The molecule has 0 spiro atoms. The van der Waals surface area contributed by atoms with Gasteiger partial charge < -0.3 is 10.4 Å². The number of rotatable bonds is 5. The van der Waals surface area contributed by atoms with Crippen LogP contribution in [0.5, 0.6) is 0 Å². The summed E-state index contributed by atoms with van der Waals surface area (Å²) in [6, 6.07) is 6.40. The smallest absolute Gasteiger partial charge is 0.326 e. The fourth-order valence-corrected chi connectivity index (χ4v) is 1.62. The molecule has 1 rings (SSSR count). The van der Waals surface area contributed by atoms with Gasteiger partial charge in [0.25, 0.3) is 5.91 Å². The molecule has 0 bridgehead atoms. The zero-order chi connectivity index (χ0) is 12.8. The summed E-state index contributed by atoms with van der Waals surface area (Å²) in [7, 11) is 0. The van der Waals surface area contributed by atoms with Crippen LogP contribution in [0.3, 0.4) is 0 Å². The molecule has 0 aliphatic carbocycles. The first-order chi connectivity index (χ1) is 8.10. The van der Waals surface area contributed by atoms with Gasteiger partial charge in [-0.15, -0.1) is 0 Å². The molecule has 0 radical (unpaired) electrons. The van der Waals surface area contributed by atoms with Crippen LogP contribution in [0, 0.1) is 0 Å². The summed E-state index contributed by atoms with van der Waals surface area (Å²) in [6.07, 6.45) is 1.11.